The van der Waals surface area contributed by atoms with Crippen molar-refractivity contribution in [1.82, 2.24) is 4.90 Å². The number of sulfone groups is 1. The van der Waals surface area contributed by atoms with Gasteiger partial charge in [-0.2, -0.15) is 23.7 Å². The van der Waals surface area contributed by atoms with Gasteiger partial charge in [0.05, 0.1) is 39.9 Å². The van der Waals surface area contributed by atoms with E-state index in [1.54, 1.807) is 0 Å². The Labute approximate surface area is 210 Å². The van der Waals surface area contributed by atoms with Crippen molar-refractivity contribution in [3.05, 3.63) is 70.4 Å². The van der Waals surface area contributed by atoms with Crippen molar-refractivity contribution in [1.29, 1.82) is 10.5 Å². The Kier molecular flexibility index (Phi) is 6.57. The lowest BCUT2D eigenvalue weighted by Crippen LogP contribution is -2.52. The molecule has 0 fully saturated rings. The zero-order chi connectivity index (χ0) is 27.1. The summed E-state index contributed by atoms with van der Waals surface area (Å²) < 4.78 is 65.6. The molecule has 1 atom stereocenters. The van der Waals surface area contributed by atoms with Crippen LogP contribution in [0.15, 0.2) is 58.6 Å². The molecule has 0 radical (unpaired) electrons. The van der Waals surface area contributed by atoms with E-state index in [4.69, 9.17) is 0 Å². The molecule has 1 aliphatic heterocycles. The molecule has 2 aromatic rings. The Morgan fingerprint density at radius 1 is 1.08 bits per heavy atom. The van der Waals surface area contributed by atoms with Gasteiger partial charge in [0.2, 0.25) is 0 Å². The van der Waals surface area contributed by atoms with Crippen LogP contribution in [-0.2, 0) is 20.8 Å². The number of amides is 2. The number of carbonyl (C=O) groups excluding carboxylic acids is 2. The molecule has 0 N–H and O–H groups in total. The van der Waals surface area contributed by atoms with Crippen molar-refractivity contribution < 1.29 is 31.2 Å². The van der Waals surface area contributed by atoms with Crippen molar-refractivity contribution in [2.75, 3.05) is 17.7 Å². The Morgan fingerprint density at radius 3 is 2.43 bits per heavy atom. The molecule has 4 rings (SSSR count). The predicted octanol–water partition coefficient (Wildman–Crippen LogP) is 4.49. The number of carbonyl (C=O) groups is 2. The molecule has 0 bridgehead atoms. The fraction of sp³-hybridized carbons (Fsp3) is 0.280. The van der Waals surface area contributed by atoms with E-state index in [-0.39, 0.29) is 45.8 Å². The molecule has 2 amide bonds. The zero-order valence-electron chi connectivity index (χ0n) is 19.4. The number of anilines is 1. The average Bonchev–Trinajstić information content (AvgIpc) is 2.84. The molecule has 0 saturated heterocycles. The van der Waals surface area contributed by atoms with E-state index in [0.717, 1.165) is 40.3 Å². The number of alkyl halides is 3. The highest BCUT2D eigenvalue weighted by atomic mass is 32.2. The first kappa shape index (κ1) is 25.9. The molecular formula is C25H19F3N4O4S. The number of Topliss-reactive ketones (excluding diaryl/α,β-unsaturated/α-hetero) is 1. The minimum atomic E-state index is -4.68. The van der Waals surface area contributed by atoms with Crippen LogP contribution in [-0.4, -0.2) is 37.9 Å². The lowest BCUT2D eigenvalue weighted by Gasteiger charge is -2.44. The third-order valence-corrected chi connectivity index (χ3v) is 7.38. The van der Waals surface area contributed by atoms with E-state index in [1.165, 1.54) is 18.2 Å². The number of halogens is 3. The third kappa shape index (κ3) is 4.68. The van der Waals surface area contributed by atoms with Crippen molar-refractivity contribution in [2.24, 2.45) is 0 Å². The van der Waals surface area contributed by atoms with Gasteiger partial charge in [-0.25, -0.2) is 13.2 Å². The van der Waals surface area contributed by atoms with E-state index in [9.17, 15) is 41.7 Å². The van der Waals surface area contributed by atoms with Crippen LogP contribution in [0, 0.1) is 22.7 Å². The first-order chi connectivity index (χ1) is 17.4. The molecule has 2 aromatic carbocycles. The maximum atomic E-state index is 13.8. The summed E-state index contributed by atoms with van der Waals surface area (Å²) in [5.41, 5.74) is -0.879. The Morgan fingerprint density at radius 2 is 1.81 bits per heavy atom. The van der Waals surface area contributed by atoms with E-state index in [0.29, 0.717) is 6.42 Å². The number of allylic oxidation sites excluding steroid dienone is 1. The summed E-state index contributed by atoms with van der Waals surface area (Å²) in [4.78, 5) is 28.7. The summed E-state index contributed by atoms with van der Waals surface area (Å²) in [6.45, 7) is -0.577. The van der Waals surface area contributed by atoms with Crippen LogP contribution < -0.4 is 4.90 Å². The van der Waals surface area contributed by atoms with Crippen LogP contribution in [0.25, 0.3) is 0 Å². The Hall–Kier alpha value is -4.16. The Bertz CT molecular complexity index is 1530. The van der Waals surface area contributed by atoms with E-state index in [2.05, 4.69) is 0 Å². The smallest absolute Gasteiger partial charge is 0.299 e. The number of nitrogens with zero attached hydrogens (tertiary/aromatic N) is 4. The quantitative estimate of drug-likeness (QED) is 0.539. The highest BCUT2D eigenvalue weighted by Gasteiger charge is 2.46. The summed E-state index contributed by atoms with van der Waals surface area (Å²) in [5.74, 6) is -0.414. The first-order valence-corrected chi connectivity index (χ1v) is 12.9. The number of urea groups is 1. The van der Waals surface area contributed by atoms with Crippen LogP contribution >= 0.6 is 0 Å². The number of ketones is 1. The van der Waals surface area contributed by atoms with E-state index < -0.39 is 46.0 Å². The van der Waals surface area contributed by atoms with Crippen molar-refractivity contribution in [3.8, 4) is 12.1 Å². The first-order valence-electron chi connectivity index (χ1n) is 11.0. The molecule has 1 unspecified atom stereocenters. The maximum absolute atomic E-state index is 13.8. The minimum absolute atomic E-state index is 0.0246. The molecule has 1 aliphatic carbocycles. The van der Waals surface area contributed by atoms with Gasteiger partial charge >= 0.3 is 12.2 Å². The number of rotatable bonds is 4. The number of hydrogen-bond donors (Lipinski definition) is 0. The molecule has 0 spiro atoms. The van der Waals surface area contributed by atoms with Gasteiger partial charge in [0, 0.05) is 23.9 Å². The molecule has 190 valence electrons. The lowest BCUT2D eigenvalue weighted by molar-refractivity contribution is -0.137. The fourth-order valence-corrected chi connectivity index (χ4v) is 5.65. The van der Waals surface area contributed by atoms with Gasteiger partial charge in [-0.1, -0.05) is 12.1 Å². The molecule has 0 aromatic heterocycles. The predicted molar refractivity (Wildman–Crippen MR) is 125 cm³/mol. The second-order valence-corrected chi connectivity index (χ2v) is 10.6. The maximum Gasteiger partial charge on any atom is 0.416 e. The zero-order valence-corrected chi connectivity index (χ0v) is 20.2. The summed E-state index contributed by atoms with van der Waals surface area (Å²) in [7, 11) is -3.96. The molecular weight excluding hydrogens is 509 g/mol. The van der Waals surface area contributed by atoms with Gasteiger partial charge in [-0.3, -0.25) is 14.6 Å². The second kappa shape index (κ2) is 9.37. The lowest BCUT2D eigenvalue weighted by atomic mass is 9.83. The second-order valence-electron chi connectivity index (χ2n) is 8.63. The van der Waals surface area contributed by atoms with Crippen molar-refractivity contribution in [2.45, 2.75) is 36.4 Å². The fourth-order valence-electron chi connectivity index (χ4n) is 4.70. The SMILES string of the molecule is CS(=O)(=O)c1cc(C#N)ccc1C1C2=C(CCCC2=O)N(c2cccc(C(F)(F)F)c2)C(=O)N1CC#N. The van der Waals surface area contributed by atoms with Gasteiger partial charge in [0.1, 0.15) is 6.54 Å². The molecule has 12 heteroatoms. The summed E-state index contributed by atoms with van der Waals surface area (Å²) in [6.07, 6.45) is -3.19. The average molecular weight is 529 g/mol. The van der Waals surface area contributed by atoms with Crippen LogP contribution in [0.1, 0.15) is 42.0 Å². The molecule has 37 heavy (non-hydrogen) atoms. The summed E-state index contributed by atoms with van der Waals surface area (Å²) >= 11 is 0. The highest BCUT2D eigenvalue weighted by Crippen LogP contribution is 2.46. The van der Waals surface area contributed by atoms with Gasteiger partial charge in [-0.05, 0) is 48.7 Å². The largest absolute Gasteiger partial charge is 0.416 e. The molecule has 8 nitrogen and oxygen atoms in total. The molecule has 2 aliphatic rings. The van der Waals surface area contributed by atoms with Gasteiger partial charge < -0.3 is 0 Å². The normalized spacial score (nSPS) is 18.4. The minimum Gasteiger partial charge on any atom is -0.299 e. The van der Waals surface area contributed by atoms with E-state index >= 15 is 0 Å². The number of benzene rings is 2. The topological polar surface area (TPSA) is 122 Å². The summed E-state index contributed by atoms with van der Waals surface area (Å²) in [5, 5.41) is 18.8. The Balaban J connectivity index is 2.03. The monoisotopic (exact) mass is 528 g/mol. The van der Waals surface area contributed by atoms with Crippen LogP contribution in [0.5, 0.6) is 0 Å². The van der Waals surface area contributed by atoms with Crippen LogP contribution in [0.2, 0.25) is 0 Å². The highest BCUT2D eigenvalue weighted by molar-refractivity contribution is 7.90. The number of hydrogen-bond acceptors (Lipinski definition) is 6. The van der Waals surface area contributed by atoms with Crippen LogP contribution in [0.4, 0.5) is 23.7 Å². The number of nitriles is 2. The standard InChI is InChI=1S/C25H19F3N4O4S/c1-37(35,36)21-12-15(14-30)8-9-18(21)23-22-19(6-3-7-20(22)33)32(24(34)31(23)11-10-29)17-5-2-4-16(13-17)25(26,27)28/h2,4-5,8-9,12-13,23H,3,6-7,11H2,1H3. The van der Waals surface area contributed by atoms with Gasteiger partial charge in [0.15, 0.2) is 15.6 Å². The van der Waals surface area contributed by atoms with Gasteiger partial charge in [0.25, 0.3) is 0 Å². The molecule has 1 heterocycles. The van der Waals surface area contributed by atoms with Gasteiger partial charge in [-0.15, -0.1) is 0 Å². The van der Waals surface area contributed by atoms with Crippen molar-refractivity contribution in [3.63, 3.8) is 0 Å². The third-order valence-electron chi connectivity index (χ3n) is 6.23. The van der Waals surface area contributed by atoms with Crippen LogP contribution in [0.3, 0.4) is 0 Å². The molecule has 0 saturated carbocycles. The summed E-state index contributed by atoms with van der Waals surface area (Å²) in [6, 6.07) is 9.39. The van der Waals surface area contributed by atoms with E-state index in [1.807, 2.05) is 12.1 Å². The van der Waals surface area contributed by atoms with Crippen molar-refractivity contribution >= 4 is 27.3 Å².